The Morgan fingerprint density at radius 3 is 2.62 bits per heavy atom. The van der Waals surface area contributed by atoms with E-state index in [2.05, 4.69) is 0 Å². The van der Waals surface area contributed by atoms with Gasteiger partial charge in [-0.1, -0.05) is 11.8 Å². The number of hydrogen-bond donors (Lipinski definition) is 0. The highest BCUT2D eigenvalue weighted by Gasteiger charge is 2.04. The summed E-state index contributed by atoms with van der Waals surface area (Å²) in [4.78, 5) is 11.1. The van der Waals surface area contributed by atoms with Gasteiger partial charge in [-0.15, -0.1) is 0 Å². The fourth-order valence-corrected chi connectivity index (χ4v) is 1.43. The molecule has 13 heavy (non-hydrogen) atoms. The number of hydrogen-bond acceptors (Lipinski definition) is 4. The molecule has 0 unspecified atom stereocenters. The van der Waals surface area contributed by atoms with Crippen LogP contribution in [0.4, 0.5) is 0 Å². The minimum atomic E-state index is 0.649. The summed E-state index contributed by atoms with van der Waals surface area (Å²) in [5.41, 5.74) is 0.768. The van der Waals surface area contributed by atoms with Gasteiger partial charge >= 0.3 is 0 Å². The van der Waals surface area contributed by atoms with Gasteiger partial charge in [0.2, 0.25) is 0 Å². The van der Waals surface area contributed by atoms with Crippen molar-refractivity contribution in [3.05, 3.63) is 18.2 Å². The van der Waals surface area contributed by atoms with Crippen molar-refractivity contribution in [2.75, 3.05) is 14.2 Å². The van der Waals surface area contributed by atoms with E-state index in [9.17, 15) is 4.79 Å². The lowest BCUT2D eigenvalue weighted by Crippen LogP contribution is -1.88. The fourth-order valence-electron chi connectivity index (χ4n) is 0.924. The van der Waals surface area contributed by atoms with Crippen molar-refractivity contribution >= 4 is 17.4 Å². The first-order valence-corrected chi connectivity index (χ1v) is 4.52. The summed E-state index contributed by atoms with van der Waals surface area (Å²) < 4.78 is 10.1. The number of benzene rings is 1. The SMILES string of the molecule is COc1ccc(SC=O)c(OC)c1. The molecule has 1 aromatic rings. The molecule has 1 aromatic carbocycles. The Morgan fingerprint density at radius 2 is 2.08 bits per heavy atom. The predicted octanol–water partition coefficient (Wildman–Crippen LogP) is 1.99. The molecule has 0 aliphatic rings. The van der Waals surface area contributed by atoms with E-state index in [-0.39, 0.29) is 0 Å². The van der Waals surface area contributed by atoms with Gasteiger partial charge in [-0.2, -0.15) is 0 Å². The van der Waals surface area contributed by atoms with Crippen LogP contribution in [0.3, 0.4) is 0 Å². The molecule has 0 saturated heterocycles. The third-order valence-electron chi connectivity index (χ3n) is 1.55. The minimum Gasteiger partial charge on any atom is -0.497 e. The number of methoxy groups -OCH3 is 2. The van der Waals surface area contributed by atoms with Gasteiger partial charge in [-0.3, -0.25) is 4.79 Å². The Labute approximate surface area is 81.0 Å². The van der Waals surface area contributed by atoms with Crippen molar-refractivity contribution in [3.63, 3.8) is 0 Å². The highest BCUT2D eigenvalue weighted by molar-refractivity contribution is 8.12. The molecule has 0 heterocycles. The standard InChI is InChI=1S/C9H10O3S/c1-11-7-3-4-9(13-6-10)8(5-7)12-2/h3-6H,1-2H3. The molecule has 0 fully saturated rings. The predicted molar refractivity (Wildman–Crippen MR) is 52.2 cm³/mol. The average Bonchev–Trinajstić information content (AvgIpc) is 2.19. The van der Waals surface area contributed by atoms with Crippen molar-refractivity contribution in [2.24, 2.45) is 0 Å². The first-order chi connectivity index (χ1) is 6.31. The number of rotatable bonds is 4. The first kappa shape index (κ1) is 9.92. The van der Waals surface area contributed by atoms with Crippen LogP contribution in [0.2, 0.25) is 0 Å². The molecule has 0 N–H and O–H groups in total. The third kappa shape index (κ3) is 2.39. The minimum absolute atomic E-state index is 0.649. The van der Waals surface area contributed by atoms with E-state index in [0.29, 0.717) is 11.5 Å². The Bertz CT molecular complexity index is 299. The van der Waals surface area contributed by atoms with Crippen molar-refractivity contribution in [2.45, 2.75) is 4.90 Å². The quantitative estimate of drug-likeness (QED) is 0.547. The van der Waals surface area contributed by atoms with Crippen LogP contribution < -0.4 is 9.47 Å². The summed E-state index contributed by atoms with van der Waals surface area (Å²) >= 11 is 1.08. The van der Waals surface area contributed by atoms with Crippen LogP contribution in [-0.2, 0) is 4.79 Å². The van der Waals surface area contributed by atoms with E-state index >= 15 is 0 Å². The molecule has 0 saturated carbocycles. The molecule has 4 heteroatoms. The smallest absolute Gasteiger partial charge is 0.181 e. The molecule has 0 aromatic heterocycles. The zero-order valence-corrected chi connectivity index (χ0v) is 8.26. The van der Waals surface area contributed by atoms with Gasteiger partial charge < -0.3 is 9.47 Å². The Kier molecular flexibility index (Phi) is 3.64. The monoisotopic (exact) mass is 198 g/mol. The Hall–Kier alpha value is -1.16. The molecular formula is C9H10O3S. The Morgan fingerprint density at radius 1 is 1.31 bits per heavy atom. The van der Waals surface area contributed by atoms with Crippen LogP contribution in [0.5, 0.6) is 11.5 Å². The molecule has 0 spiro atoms. The molecule has 70 valence electrons. The average molecular weight is 198 g/mol. The number of ether oxygens (including phenoxy) is 2. The number of carbonyl (C=O) groups excluding carboxylic acids is 1. The lowest BCUT2D eigenvalue weighted by Gasteiger charge is -2.06. The van der Waals surface area contributed by atoms with Crippen LogP contribution in [0.15, 0.2) is 23.1 Å². The highest BCUT2D eigenvalue weighted by atomic mass is 32.2. The Balaban J connectivity index is 3.00. The van der Waals surface area contributed by atoms with Crippen molar-refractivity contribution in [3.8, 4) is 11.5 Å². The zero-order valence-electron chi connectivity index (χ0n) is 7.44. The summed E-state index contributed by atoms with van der Waals surface area (Å²) in [7, 11) is 3.14. The molecule has 0 aliphatic heterocycles. The number of thioether (sulfide) groups is 1. The van der Waals surface area contributed by atoms with Gasteiger partial charge in [0.15, 0.2) is 5.62 Å². The second-order valence-electron chi connectivity index (χ2n) is 2.23. The van der Waals surface area contributed by atoms with Gasteiger partial charge in [0.05, 0.1) is 19.1 Å². The maximum atomic E-state index is 10.3. The normalized spacial score (nSPS) is 9.38. The van der Waals surface area contributed by atoms with Gasteiger partial charge in [0.1, 0.15) is 11.5 Å². The lowest BCUT2D eigenvalue weighted by atomic mass is 10.3. The summed E-state index contributed by atoms with van der Waals surface area (Å²) in [5.74, 6) is 1.36. The molecule has 0 bridgehead atoms. The molecule has 0 atom stereocenters. The van der Waals surface area contributed by atoms with Gasteiger partial charge in [-0.25, -0.2) is 0 Å². The van der Waals surface area contributed by atoms with Gasteiger partial charge in [0.25, 0.3) is 0 Å². The van der Waals surface area contributed by atoms with E-state index in [4.69, 9.17) is 9.47 Å². The van der Waals surface area contributed by atoms with E-state index < -0.39 is 0 Å². The molecule has 0 radical (unpaired) electrons. The summed E-state index contributed by atoms with van der Waals surface area (Å²) in [6, 6.07) is 5.32. The van der Waals surface area contributed by atoms with Crippen molar-refractivity contribution < 1.29 is 14.3 Å². The zero-order chi connectivity index (χ0) is 9.68. The fraction of sp³-hybridized carbons (Fsp3) is 0.222. The van der Waals surface area contributed by atoms with Crippen molar-refractivity contribution in [1.82, 2.24) is 0 Å². The van der Waals surface area contributed by atoms with Gasteiger partial charge in [0, 0.05) is 6.07 Å². The molecule has 1 rings (SSSR count). The molecule has 0 aliphatic carbocycles. The van der Waals surface area contributed by atoms with Crippen LogP contribution in [0, 0.1) is 0 Å². The largest absolute Gasteiger partial charge is 0.497 e. The van der Waals surface area contributed by atoms with Crippen LogP contribution in [0.1, 0.15) is 0 Å². The molecule has 3 nitrogen and oxygen atoms in total. The third-order valence-corrected chi connectivity index (χ3v) is 2.23. The second-order valence-corrected chi connectivity index (χ2v) is 3.10. The van der Waals surface area contributed by atoms with Crippen LogP contribution >= 0.6 is 11.8 Å². The van der Waals surface area contributed by atoms with E-state index in [0.717, 1.165) is 22.3 Å². The highest BCUT2D eigenvalue weighted by Crippen LogP contribution is 2.31. The van der Waals surface area contributed by atoms with E-state index in [1.54, 1.807) is 32.4 Å². The maximum Gasteiger partial charge on any atom is 0.181 e. The van der Waals surface area contributed by atoms with Crippen LogP contribution in [-0.4, -0.2) is 19.8 Å². The summed E-state index contributed by atoms with van der Waals surface area (Å²) in [6.45, 7) is 0. The lowest BCUT2D eigenvalue weighted by molar-refractivity contribution is 0.387. The van der Waals surface area contributed by atoms with E-state index in [1.807, 2.05) is 0 Å². The van der Waals surface area contributed by atoms with E-state index in [1.165, 1.54) is 0 Å². The summed E-state index contributed by atoms with van der Waals surface area (Å²) in [5, 5.41) is 0. The van der Waals surface area contributed by atoms with Crippen LogP contribution in [0.25, 0.3) is 0 Å². The maximum absolute atomic E-state index is 10.3. The molecular weight excluding hydrogens is 188 g/mol. The molecule has 0 amide bonds. The topological polar surface area (TPSA) is 35.5 Å². The first-order valence-electron chi connectivity index (χ1n) is 3.64. The van der Waals surface area contributed by atoms with Crippen molar-refractivity contribution in [1.29, 1.82) is 0 Å². The second kappa shape index (κ2) is 4.77. The number of carbonyl (C=O) groups is 1. The summed E-state index contributed by atoms with van der Waals surface area (Å²) in [6.07, 6.45) is 0. The van der Waals surface area contributed by atoms with Gasteiger partial charge in [-0.05, 0) is 12.1 Å².